The van der Waals surface area contributed by atoms with Gasteiger partial charge in [0.1, 0.15) is 0 Å². The largest absolute Gasteiger partial charge is 0.310 e. The van der Waals surface area contributed by atoms with E-state index in [2.05, 4.69) is 52.4 Å². The number of halogens is 1. The summed E-state index contributed by atoms with van der Waals surface area (Å²) in [7, 11) is 0. The molecule has 2 aliphatic carbocycles. The average Bonchev–Trinajstić information content (AvgIpc) is 2.99. The topological polar surface area (TPSA) is 12.0 Å². The van der Waals surface area contributed by atoms with Gasteiger partial charge in [0.15, 0.2) is 0 Å². The monoisotopic (exact) mass is 307 g/mol. The minimum atomic E-state index is 0.660. The Morgan fingerprint density at radius 2 is 2.11 bits per heavy atom. The van der Waals surface area contributed by atoms with E-state index in [4.69, 9.17) is 0 Å². The summed E-state index contributed by atoms with van der Waals surface area (Å²) >= 11 is 3.62. The zero-order chi connectivity index (χ0) is 12.5. The Kier molecular flexibility index (Phi) is 3.76. The first-order chi connectivity index (χ1) is 8.74. The minimum Gasteiger partial charge on any atom is -0.310 e. The SMILES string of the molecule is C[C@@H](NCc1ccccc1Br)[C@@H]1C[C@@H]2CC[C@@H]1C2. The van der Waals surface area contributed by atoms with E-state index in [9.17, 15) is 0 Å². The molecule has 2 bridgehead atoms. The van der Waals surface area contributed by atoms with Crippen LogP contribution in [-0.4, -0.2) is 6.04 Å². The lowest BCUT2D eigenvalue weighted by atomic mass is 9.84. The predicted octanol–water partition coefficient (Wildman–Crippen LogP) is 4.36. The van der Waals surface area contributed by atoms with E-state index < -0.39 is 0 Å². The molecular formula is C16H22BrN. The predicted molar refractivity (Wildman–Crippen MR) is 79.4 cm³/mol. The van der Waals surface area contributed by atoms with E-state index in [0.717, 1.165) is 24.3 Å². The average molecular weight is 308 g/mol. The van der Waals surface area contributed by atoms with Crippen molar-refractivity contribution in [2.24, 2.45) is 17.8 Å². The van der Waals surface area contributed by atoms with Gasteiger partial charge in [0.2, 0.25) is 0 Å². The molecule has 0 saturated heterocycles. The van der Waals surface area contributed by atoms with Crippen molar-refractivity contribution in [2.75, 3.05) is 0 Å². The zero-order valence-electron chi connectivity index (χ0n) is 11.0. The fourth-order valence-corrected chi connectivity index (χ4v) is 4.40. The second-order valence-electron chi connectivity index (χ2n) is 6.10. The number of benzene rings is 1. The Morgan fingerprint density at radius 3 is 2.78 bits per heavy atom. The van der Waals surface area contributed by atoms with Crippen LogP contribution >= 0.6 is 15.9 Å². The molecule has 0 heterocycles. The quantitative estimate of drug-likeness (QED) is 0.871. The Labute approximate surface area is 118 Å². The molecule has 0 unspecified atom stereocenters. The summed E-state index contributed by atoms with van der Waals surface area (Å²) in [5.74, 6) is 2.98. The van der Waals surface area contributed by atoms with Gasteiger partial charge in [-0.2, -0.15) is 0 Å². The standard InChI is InChI=1S/C16H22BrN/c1-11(15-9-12-6-7-13(15)8-12)18-10-14-4-2-3-5-16(14)17/h2-5,11-13,15,18H,6-10H2,1H3/t11-,12-,13-,15+/m1/s1. The number of hydrogen-bond acceptors (Lipinski definition) is 1. The highest BCUT2D eigenvalue weighted by molar-refractivity contribution is 9.10. The zero-order valence-corrected chi connectivity index (χ0v) is 12.6. The van der Waals surface area contributed by atoms with Gasteiger partial charge >= 0.3 is 0 Å². The van der Waals surface area contributed by atoms with Gasteiger partial charge in [-0.25, -0.2) is 0 Å². The van der Waals surface area contributed by atoms with E-state index >= 15 is 0 Å². The van der Waals surface area contributed by atoms with Crippen molar-refractivity contribution in [3.05, 3.63) is 34.3 Å². The first kappa shape index (κ1) is 12.7. The number of hydrogen-bond donors (Lipinski definition) is 1. The van der Waals surface area contributed by atoms with Crippen molar-refractivity contribution in [1.82, 2.24) is 5.32 Å². The van der Waals surface area contributed by atoms with Crippen LogP contribution in [0.1, 0.15) is 38.2 Å². The van der Waals surface area contributed by atoms with Crippen LogP contribution in [0.25, 0.3) is 0 Å². The Morgan fingerprint density at radius 1 is 1.28 bits per heavy atom. The summed E-state index contributed by atoms with van der Waals surface area (Å²) < 4.78 is 1.22. The van der Waals surface area contributed by atoms with E-state index in [0.29, 0.717) is 6.04 Å². The van der Waals surface area contributed by atoms with E-state index in [1.807, 2.05) is 0 Å². The van der Waals surface area contributed by atoms with E-state index in [-0.39, 0.29) is 0 Å². The molecule has 4 atom stereocenters. The van der Waals surface area contributed by atoms with Crippen molar-refractivity contribution in [3.63, 3.8) is 0 Å². The van der Waals surface area contributed by atoms with E-state index in [1.165, 1.54) is 35.7 Å². The molecule has 1 aromatic rings. The summed E-state index contributed by atoms with van der Waals surface area (Å²) in [6.45, 7) is 3.36. The molecule has 0 aliphatic heterocycles. The van der Waals surface area contributed by atoms with Crippen LogP contribution in [0.5, 0.6) is 0 Å². The molecule has 0 radical (unpaired) electrons. The van der Waals surface area contributed by atoms with Crippen LogP contribution < -0.4 is 5.32 Å². The van der Waals surface area contributed by atoms with Crippen molar-refractivity contribution >= 4 is 15.9 Å². The molecule has 0 aromatic heterocycles. The number of fused-ring (bicyclic) bond motifs is 2. The molecule has 2 heteroatoms. The lowest BCUT2D eigenvalue weighted by molar-refractivity contribution is 0.259. The van der Waals surface area contributed by atoms with Crippen LogP contribution in [0.3, 0.4) is 0 Å². The second-order valence-corrected chi connectivity index (χ2v) is 6.95. The molecule has 1 N–H and O–H groups in total. The molecule has 18 heavy (non-hydrogen) atoms. The Balaban J connectivity index is 1.56. The first-order valence-corrected chi connectivity index (χ1v) is 8.00. The molecule has 3 rings (SSSR count). The van der Waals surface area contributed by atoms with Crippen LogP contribution in [0.15, 0.2) is 28.7 Å². The van der Waals surface area contributed by atoms with Crippen LogP contribution in [0.2, 0.25) is 0 Å². The second kappa shape index (κ2) is 5.34. The van der Waals surface area contributed by atoms with E-state index in [1.54, 1.807) is 0 Å². The summed E-state index contributed by atoms with van der Waals surface area (Å²) in [4.78, 5) is 0. The molecule has 1 nitrogen and oxygen atoms in total. The van der Waals surface area contributed by atoms with Crippen molar-refractivity contribution in [2.45, 2.75) is 45.2 Å². The Bertz CT molecular complexity index is 417. The van der Waals surface area contributed by atoms with Gasteiger partial charge in [-0.1, -0.05) is 40.5 Å². The molecular weight excluding hydrogens is 286 g/mol. The molecule has 2 aliphatic rings. The maximum Gasteiger partial charge on any atom is 0.0220 e. The number of rotatable bonds is 4. The van der Waals surface area contributed by atoms with Crippen molar-refractivity contribution < 1.29 is 0 Å². The van der Waals surface area contributed by atoms with Gasteiger partial charge in [0.05, 0.1) is 0 Å². The summed E-state index contributed by atoms with van der Waals surface area (Å²) in [5.41, 5.74) is 1.37. The molecule has 2 saturated carbocycles. The smallest absolute Gasteiger partial charge is 0.0220 e. The molecule has 2 fully saturated rings. The third kappa shape index (κ3) is 2.50. The third-order valence-electron chi connectivity index (χ3n) is 5.01. The lowest BCUT2D eigenvalue weighted by Crippen LogP contribution is -2.35. The minimum absolute atomic E-state index is 0.660. The molecule has 0 spiro atoms. The maximum absolute atomic E-state index is 3.74. The van der Waals surface area contributed by atoms with Crippen molar-refractivity contribution in [1.29, 1.82) is 0 Å². The third-order valence-corrected chi connectivity index (χ3v) is 5.78. The van der Waals surface area contributed by atoms with Crippen LogP contribution in [0.4, 0.5) is 0 Å². The summed E-state index contributed by atoms with van der Waals surface area (Å²) in [5, 5.41) is 3.74. The van der Waals surface area contributed by atoms with Crippen LogP contribution in [-0.2, 0) is 6.54 Å². The fourth-order valence-electron chi connectivity index (χ4n) is 3.97. The highest BCUT2D eigenvalue weighted by Crippen LogP contribution is 2.49. The van der Waals surface area contributed by atoms with Crippen molar-refractivity contribution in [3.8, 4) is 0 Å². The van der Waals surface area contributed by atoms with Crippen LogP contribution in [0, 0.1) is 17.8 Å². The van der Waals surface area contributed by atoms with Gasteiger partial charge in [-0.15, -0.1) is 0 Å². The molecule has 1 aromatic carbocycles. The maximum atomic E-state index is 3.74. The molecule has 98 valence electrons. The first-order valence-electron chi connectivity index (χ1n) is 7.21. The summed E-state index contributed by atoms with van der Waals surface area (Å²) in [6, 6.07) is 9.17. The lowest BCUT2D eigenvalue weighted by Gasteiger charge is -2.28. The molecule has 0 amide bonds. The summed E-state index contributed by atoms with van der Waals surface area (Å²) in [6.07, 6.45) is 5.95. The number of nitrogens with one attached hydrogen (secondary N) is 1. The van der Waals surface area contributed by atoms with Gasteiger partial charge < -0.3 is 5.32 Å². The fraction of sp³-hybridized carbons (Fsp3) is 0.625. The Hall–Kier alpha value is -0.340. The van der Waals surface area contributed by atoms with Gasteiger partial charge in [-0.05, 0) is 55.6 Å². The highest BCUT2D eigenvalue weighted by atomic mass is 79.9. The van der Waals surface area contributed by atoms with Gasteiger partial charge in [0.25, 0.3) is 0 Å². The van der Waals surface area contributed by atoms with Gasteiger partial charge in [-0.3, -0.25) is 0 Å². The highest BCUT2D eigenvalue weighted by Gasteiger charge is 2.41. The normalized spacial score (nSPS) is 31.8. The van der Waals surface area contributed by atoms with Gasteiger partial charge in [0, 0.05) is 17.1 Å².